The number of nitro benzene ring substituents is 1. The molecule has 0 N–H and O–H groups in total. The maximum absolute atomic E-state index is 11.5. The molecule has 1 aromatic carbocycles. The SMILES string of the molecule is CC(=O)c1cc([N+](=O)[O-])c2c(c1)C(C)(C)CCO2. The lowest BCUT2D eigenvalue weighted by Gasteiger charge is -2.32. The number of hydrogen-bond acceptors (Lipinski definition) is 4. The average Bonchev–Trinajstić information content (AvgIpc) is 2.27. The van der Waals surface area contributed by atoms with Crippen LogP contribution in [-0.2, 0) is 5.41 Å². The standard InChI is InChI=1S/C13H15NO4/c1-8(15)9-6-10-12(11(7-9)14(16)17)18-5-4-13(10,2)3/h6-7H,4-5H2,1-3H3. The first-order valence-electron chi connectivity index (χ1n) is 5.79. The number of carbonyl (C=O) groups is 1. The highest BCUT2D eigenvalue weighted by Crippen LogP contribution is 2.44. The van der Waals surface area contributed by atoms with Crippen LogP contribution in [-0.4, -0.2) is 17.3 Å². The molecule has 0 amide bonds. The van der Waals surface area contributed by atoms with E-state index in [-0.39, 0.29) is 16.9 Å². The summed E-state index contributed by atoms with van der Waals surface area (Å²) in [5.41, 5.74) is 0.765. The zero-order valence-electron chi connectivity index (χ0n) is 10.6. The van der Waals surface area contributed by atoms with E-state index in [0.29, 0.717) is 17.9 Å². The van der Waals surface area contributed by atoms with Gasteiger partial charge in [-0.2, -0.15) is 0 Å². The van der Waals surface area contributed by atoms with E-state index < -0.39 is 4.92 Å². The first-order valence-corrected chi connectivity index (χ1v) is 5.79. The molecule has 96 valence electrons. The van der Waals surface area contributed by atoms with Crippen molar-refractivity contribution in [2.75, 3.05) is 6.61 Å². The van der Waals surface area contributed by atoms with Crippen molar-refractivity contribution in [2.24, 2.45) is 0 Å². The van der Waals surface area contributed by atoms with Gasteiger partial charge >= 0.3 is 5.69 Å². The fraction of sp³-hybridized carbons (Fsp3) is 0.462. The normalized spacial score (nSPS) is 16.6. The maximum atomic E-state index is 11.5. The third-order valence-electron chi connectivity index (χ3n) is 3.38. The lowest BCUT2D eigenvalue weighted by Crippen LogP contribution is -2.27. The number of benzene rings is 1. The molecule has 0 fully saturated rings. The van der Waals surface area contributed by atoms with Gasteiger partial charge in [-0.3, -0.25) is 14.9 Å². The number of rotatable bonds is 2. The van der Waals surface area contributed by atoms with Crippen LogP contribution in [0.5, 0.6) is 5.75 Å². The molecule has 1 heterocycles. The van der Waals surface area contributed by atoms with Crippen molar-refractivity contribution in [1.29, 1.82) is 0 Å². The highest BCUT2D eigenvalue weighted by Gasteiger charge is 2.34. The van der Waals surface area contributed by atoms with Crippen LogP contribution >= 0.6 is 0 Å². The third-order valence-corrected chi connectivity index (χ3v) is 3.38. The van der Waals surface area contributed by atoms with Crippen molar-refractivity contribution in [2.45, 2.75) is 32.6 Å². The van der Waals surface area contributed by atoms with E-state index in [0.717, 1.165) is 12.0 Å². The molecule has 0 radical (unpaired) electrons. The number of nitro groups is 1. The Morgan fingerprint density at radius 3 is 2.67 bits per heavy atom. The Kier molecular flexibility index (Phi) is 2.84. The van der Waals surface area contributed by atoms with Gasteiger partial charge in [-0.1, -0.05) is 13.8 Å². The summed E-state index contributed by atoms with van der Waals surface area (Å²) in [6.07, 6.45) is 0.776. The van der Waals surface area contributed by atoms with Gasteiger partial charge in [0.05, 0.1) is 11.5 Å². The van der Waals surface area contributed by atoms with Gasteiger partial charge in [-0.15, -0.1) is 0 Å². The minimum Gasteiger partial charge on any atom is -0.487 e. The molecule has 1 aromatic rings. The molecule has 1 aliphatic heterocycles. The molecule has 0 bridgehead atoms. The Bertz CT molecular complexity index is 534. The van der Waals surface area contributed by atoms with Crippen LogP contribution in [0.2, 0.25) is 0 Å². The van der Waals surface area contributed by atoms with E-state index in [1.807, 2.05) is 13.8 Å². The fourth-order valence-corrected chi connectivity index (χ4v) is 2.15. The van der Waals surface area contributed by atoms with Crippen LogP contribution in [0, 0.1) is 10.1 Å². The van der Waals surface area contributed by atoms with E-state index >= 15 is 0 Å². The number of fused-ring (bicyclic) bond motifs is 1. The molecule has 5 nitrogen and oxygen atoms in total. The molecule has 0 unspecified atom stereocenters. The zero-order valence-corrected chi connectivity index (χ0v) is 10.6. The van der Waals surface area contributed by atoms with Crippen LogP contribution in [0.15, 0.2) is 12.1 Å². The topological polar surface area (TPSA) is 69.4 Å². The summed E-state index contributed by atoms with van der Waals surface area (Å²) in [5.74, 6) is 0.128. The number of ketones is 1. The maximum Gasteiger partial charge on any atom is 0.311 e. The summed E-state index contributed by atoms with van der Waals surface area (Å²) in [6, 6.07) is 3.01. The molecule has 0 aliphatic carbocycles. The van der Waals surface area contributed by atoms with Crippen LogP contribution < -0.4 is 4.74 Å². The van der Waals surface area contributed by atoms with Crippen LogP contribution in [0.1, 0.15) is 43.1 Å². The number of hydrogen-bond donors (Lipinski definition) is 0. The van der Waals surface area contributed by atoms with E-state index in [9.17, 15) is 14.9 Å². The summed E-state index contributed by atoms with van der Waals surface area (Å²) in [5, 5.41) is 11.1. The van der Waals surface area contributed by atoms with Gasteiger partial charge < -0.3 is 4.74 Å². The molecular formula is C13H15NO4. The summed E-state index contributed by atoms with van der Waals surface area (Å²) in [7, 11) is 0. The Morgan fingerprint density at radius 1 is 1.44 bits per heavy atom. The highest BCUT2D eigenvalue weighted by molar-refractivity contribution is 5.95. The molecule has 0 aromatic heterocycles. The number of Topliss-reactive ketones (excluding diaryl/α,β-unsaturated/α-hetero) is 1. The van der Waals surface area contributed by atoms with Gasteiger partial charge in [0.15, 0.2) is 5.78 Å². The lowest BCUT2D eigenvalue weighted by molar-refractivity contribution is -0.386. The molecule has 0 atom stereocenters. The molecule has 2 rings (SSSR count). The lowest BCUT2D eigenvalue weighted by atomic mass is 9.78. The monoisotopic (exact) mass is 249 g/mol. The van der Waals surface area contributed by atoms with Crippen molar-refractivity contribution < 1.29 is 14.5 Å². The molecule has 1 aliphatic rings. The summed E-state index contributed by atoms with van der Waals surface area (Å²) < 4.78 is 5.43. The van der Waals surface area contributed by atoms with Crippen molar-refractivity contribution in [3.05, 3.63) is 33.4 Å². The molecule has 0 spiro atoms. The van der Waals surface area contributed by atoms with Crippen LogP contribution in [0.3, 0.4) is 0 Å². The van der Waals surface area contributed by atoms with Gasteiger partial charge in [0.2, 0.25) is 5.75 Å². The quantitative estimate of drug-likeness (QED) is 0.459. The predicted molar refractivity (Wildman–Crippen MR) is 66.2 cm³/mol. The van der Waals surface area contributed by atoms with E-state index in [1.54, 1.807) is 6.07 Å². The second-order valence-corrected chi connectivity index (χ2v) is 5.17. The van der Waals surface area contributed by atoms with Gasteiger partial charge in [0.25, 0.3) is 0 Å². The number of ether oxygens (including phenoxy) is 1. The van der Waals surface area contributed by atoms with E-state index in [4.69, 9.17) is 4.74 Å². The summed E-state index contributed by atoms with van der Waals surface area (Å²) >= 11 is 0. The van der Waals surface area contributed by atoms with Crippen molar-refractivity contribution >= 4 is 11.5 Å². The zero-order chi connectivity index (χ0) is 13.5. The predicted octanol–water partition coefficient (Wildman–Crippen LogP) is 2.86. The Hall–Kier alpha value is -1.91. The molecule has 0 saturated carbocycles. The Balaban J connectivity index is 2.73. The Morgan fingerprint density at radius 2 is 2.11 bits per heavy atom. The first kappa shape index (κ1) is 12.5. The minimum absolute atomic E-state index is 0.120. The van der Waals surface area contributed by atoms with Crippen LogP contribution in [0.4, 0.5) is 5.69 Å². The van der Waals surface area contributed by atoms with Crippen molar-refractivity contribution in [1.82, 2.24) is 0 Å². The smallest absolute Gasteiger partial charge is 0.311 e. The summed E-state index contributed by atoms with van der Waals surface area (Å²) in [6.45, 7) is 5.87. The van der Waals surface area contributed by atoms with Gasteiger partial charge in [-0.25, -0.2) is 0 Å². The fourth-order valence-electron chi connectivity index (χ4n) is 2.15. The summed E-state index contributed by atoms with van der Waals surface area (Å²) in [4.78, 5) is 22.0. The molecular weight excluding hydrogens is 234 g/mol. The molecule has 18 heavy (non-hydrogen) atoms. The second-order valence-electron chi connectivity index (χ2n) is 5.17. The number of nitrogens with zero attached hydrogens (tertiary/aromatic N) is 1. The Labute approximate surface area is 105 Å². The van der Waals surface area contributed by atoms with Crippen molar-refractivity contribution in [3.8, 4) is 5.75 Å². The van der Waals surface area contributed by atoms with Crippen molar-refractivity contribution in [3.63, 3.8) is 0 Å². The second kappa shape index (κ2) is 4.08. The van der Waals surface area contributed by atoms with Gasteiger partial charge in [0, 0.05) is 17.2 Å². The average molecular weight is 249 g/mol. The number of carbonyl (C=O) groups excluding carboxylic acids is 1. The van der Waals surface area contributed by atoms with Gasteiger partial charge in [-0.05, 0) is 24.8 Å². The van der Waals surface area contributed by atoms with Gasteiger partial charge in [0.1, 0.15) is 0 Å². The minimum atomic E-state index is -0.493. The molecule has 0 saturated heterocycles. The molecule has 5 heteroatoms. The third kappa shape index (κ3) is 1.96. The largest absolute Gasteiger partial charge is 0.487 e. The highest BCUT2D eigenvalue weighted by atomic mass is 16.6. The van der Waals surface area contributed by atoms with E-state index in [2.05, 4.69) is 0 Å². The van der Waals surface area contributed by atoms with Crippen LogP contribution in [0.25, 0.3) is 0 Å². The first-order chi connectivity index (χ1) is 8.33. The van der Waals surface area contributed by atoms with E-state index in [1.165, 1.54) is 13.0 Å².